The quantitative estimate of drug-likeness (QED) is 0.562. The first-order chi connectivity index (χ1) is 4.31. The zero-order valence-corrected chi connectivity index (χ0v) is 5.59. The van der Waals surface area contributed by atoms with E-state index in [1.807, 2.05) is 0 Å². The van der Waals surface area contributed by atoms with E-state index in [-0.39, 0.29) is 5.97 Å². The lowest BCUT2D eigenvalue weighted by molar-refractivity contribution is -0.143. The van der Waals surface area contributed by atoms with Gasteiger partial charge in [-0.15, -0.1) is 0 Å². The maximum Gasteiger partial charge on any atom is 0.305 e. The van der Waals surface area contributed by atoms with Gasteiger partial charge in [0.2, 0.25) is 0 Å². The van der Waals surface area contributed by atoms with E-state index in [0.717, 1.165) is 0 Å². The molecule has 0 aromatic carbocycles. The maximum atomic E-state index is 10.5. The van der Waals surface area contributed by atoms with Crippen LogP contribution in [0.3, 0.4) is 0 Å². The van der Waals surface area contributed by atoms with E-state index in [4.69, 9.17) is 5.73 Å². The highest BCUT2D eigenvalue weighted by atomic mass is 16.5. The van der Waals surface area contributed by atoms with E-state index < -0.39 is 0 Å². The number of ether oxygens (including phenoxy) is 1. The average molecular weight is 130 g/mol. The molecule has 3 nitrogen and oxygen atoms in total. The van der Waals surface area contributed by atoms with Crippen LogP contribution in [-0.2, 0) is 9.53 Å². The van der Waals surface area contributed by atoms with Crippen molar-refractivity contribution in [3.8, 4) is 0 Å². The molecule has 1 radical (unpaired) electrons. The van der Waals surface area contributed by atoms with Gasteiger partial charge < -0.3 is 10.5 Å². The Morgan fingerprint density at radius 1 is 1.78 bits per heavy atom. The van der Waals surface area contributed by atoms with Gasteiger partial charge in [0.1, 0.15) is 0 Å². The van der Waals surface area contributed by atoms with Gasteiger partial charge in [-0.25, -0.2) is 0 Å². The van der Waals surface area contributed by atoms with Crippen molar-refractivity contribution < 1.29 is 9.53 Å². The van der Waals surface area contributed by atoms with Gasteiger partial charge in [0, 0.05) is 13.0 Å². The van der Waals surface area contributed by atoms with Crippen molar-refractivity contribution in [1.82, 2.24) is 0 Å². The van der Waals surface area contributed by atoms with E-state index >= 15 is 0 Å². The number of rotatable bonds is 4. The Morgan fingerprint density at radius 2 is 2.44 bits per heavy atom. The van der Waals surface area contributed by atoms with Crippen molar-refractivity contribution in [1.29, 1.82) is 0 Å². The number of carbonyl (C=O) groups excluding carboxylic acids is 1. The van der Waals surface area contributed by atoms with Crippen molar-refractivity contribution in [3.63, 3.8) is 0 Å². The summed E-state index contributed by atoms with van der Waals surface area (Å²) in [6.07, 6.45) is 0.989. The molecule has 0 rings (SSSR count). The molecule has 0 aromatic heterocycles. The van der Waals surface area contributed by atoms with Gasteiger partial charge in [0.15, 0.2) is 0 Å². The smallest absolute Gasteiger partial charge is 0.305 e. The molecular formula is C6H12NO2. The summed E-state index contributed by atoms with van der Waals surface area (Å²) in [5, 5.41) is 0. The fraction of sp³-hybridized carbons (Fsp3) is 0.667. The highest BCUT2D eigenvalue weighted by Gasteiger charge is 1.97. The van der Waals surface area contributed by atoms with Crippen LogP contribution in [0.15, 0.2) is 0 Å². The third-order valence-corrected chi connectivity index (χ3v) is 0.820. The molecule has 9 heavy (non-hydrogen) atoms. The summed E-state index contributed by atoms with van der Waals surface area (Å²) < 4.78 is 4.63. The highest BCUT2D eigenvalue weighted by Crippen LogP contribution is 1.91. The van der Waals surface area contributed by atoms with Crippen molar-refractivity contribution in [2.24, 2.45) is 5.73 Å². The lowest BCUT2D eigenvalue weighted by atomic mass is 10.3. The van der Waals surface area contributed by atoms with Gasteiger partial charge >= 0.3 is 5.97 Å². The predicted octanol–water partition coefficient (Wildman–Crippen LogP) is 0.450. The monoisotopic (exact) mass is 130 g/mol. The van der Waals surface area contributed by atoms with Gasteiger partial charge in [-0.2, -0.15) is 0 Å². The summed E-state index contributed by atoms with van der Waals surface area (Å²) in [5.74, 6) is -0.181. The molecule has 0 bridgehead atoms. The minimum atomic E-state index is -0.181. The molecular weight excluding hydrogens is 118 g/mol. The maximum absolute atomic E-state index is 10.5. The van der Waals surface area contributed by atoms with Crippen LogP contribution in [0.5, 0.6) is 0 Å². The summed E-state index contributed by atoms with van der Waals surface area (Å²) in [4.78, 5) is 10.5. The van der Waals surface area contributed by atoms with Gasteiger partial charge in [0.25, 0.3) is 0 Å². The third kappa shape index (κ3) is 5.30. The molecule has 0 saturated carbocycles. The fourth-order valence-electron chi connectivity index (χ4n) is 0.434. The van der Waals surface area contributed by atoms with Crippen LogP contribution < -0.4 is 5.73 Å². The van der Waals surface area contributed by atoms with Crippen LogP contribution in [0.1, 0.15) is 19.8 Å². The Hall–Kier alpha value is -0.570. The first-order valence-corrected chi connectivity index (χ1v) is 3.00. The van der Waals surface area contributed by atoms with E-state index in [1.165, 1.54) is 6.54 Å². The summed E-state index contributed by atoms with van der Waals surface area (Å²) >= 11 is 0. The Morgan fingerprint density at radius 3 is 2.89 bits per heavy atom. The zero-order chi connectivity index (χ0) is 7.11. The Kier molecular flexibility index (Phi) is 5.21. The van der Waals surface area contributed by atoms with E-state index in [2.05, 4.69) is 4.74 Å². The number of hydrogen-bond acceptors (Lipinski definition) is 3. The molecule has 0 atom stereocenters. The normalized spacial score (nSPS) is 9.11. The van der Waals surface area contributed by atoms with E-state index in [9.17, 15) is 4.79 Å². The van der Waals surface area contributed by atoms with Crippen LogP contribution in [0.25, 0.3) is 0 Å². The fourth-order valence-corrected chi connectivity index (χ4v) is 0.434. The Balaban J connectivity index is 3.06. The van der Waals surface area contributed by atoms with Crippen LogP contribution in [0.4, 0.5) is 0 Å². The second-order valence-corrected chi connectivity index (χ2v) is 1.58. The van der Waals surface area contributed by atoms with Gasteiger partial charge in [0.05, 0.1) is 6.61 Å². The number of carbonyl (C=O) groups is 1. The molecule has 0 aliphatic carbocycles. The molecule has 2 N–H and O–H groups in total. The van der Waals surface area contributed by atoms with Gasteiger partial charge in [-0.1, -0.05) is 0 Å². The standard InChI is InChI=1S/C6H12NO2/c1-2-9-6(8)4-3-5-7/h5H,2-4,7H2,1H3. The third-order valence-electron chi connectivity index (χ3n) is 0.820. The van der Waals surface area contributed by atoms with Crippen LogP contribution in [0.2, 0.25) is 0 Å². The minimum Gasteiger partial charge on any atom is -0.466 e. The van der Waals surface area contributed by atoms with Gasteiger partial charge in [-0.3, -0.25) is 4.79 Å². The SMILES string of the molecule is CCOC(=O)CC[CH]N. The zero-order valence-electron chi connectivity index (χ0n) is 5.59. The molecule has 0 amide bonds. The molecule has 0 heterocycles. The average Bonchev–Trinajstić information content (AvgIpc) is 1.85. The molecule has 3 heteroatoms. The Bertz CT molecular complexity index is 83.1. The summed E-state index contributed by atoms with van der Waals surface area (Å²) in [6.45, 7) is 3.68. The highest BCUT2D eigenvalue weighted by molar-refractivity contribution is 5.69. The van der Waals surface area contributed by atoms with Gasteiger partial charge in [-0.05, 0) is 13.3 Å². The Labute approximate surface area is 55.2 Å². The van der Waals surface area contributed by atoms with Crippen molar-refractivity contribution in [2.75, 3.05) is 6.61 Å². The van der Waals surface area contributed by atoms with E-state index in [0.29, 0.717) is 19.4 Å². The summed E-state index contributed by atoms with van der Waals surface area (Å²) in [5.41, 5.74) is 5.04. The molecule has 0 unspecified atom stereocenters. The second-order valence-electron chi connectivity index (χ2n) is 1.58. The molecule has 0 aliphatic rings. The lowest BCUT2D eigenvalue weighted by Crippen LogP contribution is -2.04. The molecule has 53 valence electrons. The molecule has 0 spiro atoms. The minimum absolute atomic E-state index is 0.181. The van der Waals surface area contributed by atoms with Crippen molar-refractivity contribution in [2.45, 2.75) is 19.8 Å². The van der Waals surface area contributed by atoms with Crippen LogP contribution >= 0.6 is 0 Å². The largest absolute Gasteiger partial charge is 0.466 e. The summed E-state index contributed by atoms with van der Waals surface area (Å²) in [6, 6.07) is 0. The summed E-state index contributed by atoms with van der Waals surface area (Å²) in [7, 11) is 0. The molecule has 0 aromatic rings. The first-order valence-electron chi connectivity index (χ1n) is 3.00. The second kappa shape index (κ2) is 5.56. The van der Waals surface area contributed by atoms with Crippen LogP contribution in [0, 0.1) is 6.54 Å². The number of hydrogen-bond donors (Lipinski definition) is 1. The van der Waals surface area contributed by atoms with E-state index in [1.54, 1.807) is 6.92 Å². The number of esters is 1. The topological polar surface area (TPSA) is 52.3 Å². The molecule has 0 fully saturated rings. The number of nitrogens with two attached hydrogens (primary N) is 1. The molecule has 0 aliphatic heterocycles. The van der Waals surface area contributed by atoms with Crippen molar-refractivity contribution in [3.05, 3.63) is 6.54 Å². The predicted molar refractivity (Wildman–Crippen MR) is 34.4 cm³/mol. The molecule has 0 saturated heterocycles. The van der Waals surface area contributed by atoms with Crippen LogP contribution in [-0.4, -0.2) is 12.6 Å². The first kappa shape index (κ1) is 8.43. The van der Waals surface area contributed by atoms with Crippen molar-refractivity contribution >= 4 is 5.97 Å². The lowest BCUT2D eigenvalue weighted by Gasteiger charge is -1.97.